The predicted octanol–water partition coefficient (Wildman–Crippen LogP) is 0.873. The van der Waals surface area contributed by atoms with Gasteiger partial charge in [-0.1, -0.05) is 6.07 Å². The zero-order chi connectivity index (χ0) is 14.7. The minimum atomic E-state index is -0.177. The molecule has 0 unspecified atom stereocenters. The number of nitrogens with two attached hydrogens (primary N) is 1. The second kappa shape index (κ2) is 5.60. The number of amides is 1. The van der Waals surface area contributed by atoms with Crippen LogP contribution in [0, 0.1) is 6.92 Å². The maximum Gasteiger partial charge on any atom is 0.246 e. The smallest absolute Gasteiger partial charge is 0.246 e. The molecule has 0 fully saturated rings. The van der Waals surface area contributed by atoms with Gasteiger partial charge in [-0.2, -0.15) is 0 Å². The summed E-state index contributed by atoms with van der Waals surface area (Å²) in [7, 11) is 3.93. The highest BCUT2D eigenvalue weighted by Gasteiger charge is 2.07. The molecule has 2 aromatic rings. The van der Waals surface area contributed by atoms with E-state index < -0.39 is 0 Å². The highest BCUT2D eigenvalue weighted by atomic mass is 16.2. The van der Waals surface area contributed by atoms with Crippen molar-refractivity contribution in [1.29, 1.82) is 0 Å². The summed E-state index contributed by atoms with van der Waals surface area (Å²) >= 11 is 0. The van der Waals surface area contributed by atoms with Gasteiger partial charge in [-0.05, 0) is 24.6 Å². The SMILES string of the molecule is Cc1ccc(NC(=O)Cn2cnc(N)n2)cc1N(C)C. The number of rotatable bonds is 4. The molecule has 0 atom stereocenters. The lowest BCUT2D eigenvalue weighted by atomic mass is 10.1. The maximum absolute atomic E-state index is 11.9. The molecule has 20 heavy (non-hydrogen) atoms. The zero-order valence-electron chi connectivity index (χ0n) is 11.8. The Morgan fingerprint density at radius 3 is 2.80 bits per heavy atom. The summed E-state index contributed by atoms with van der Waals surface area (Å²) in [5.41, 5.74) is 8.36. The third kappa shape index (κ3) is 3.25. The normalized spacial score (nSPS) is 10.3. The number of benzene rings is 1. The molecule has 1 aromatic carbocycles. The number of nitrogens with one attached hydrogen (secondary N) is 1. The van der Waals surface area contributed by atoms with Gasteiger partial charge in [-0.3, -0.25) is 4.79 Å². The van der Waals surface area contributed by atoms with Crippen LogP contribution in [0.25, 0.3) is 0 Å². The molecule has 7 heteroatoms. The zero-order valence-corrected chi connectivity index (χ0v) is 11.8. The van der Waals surface area contributed by atoms with E-state index in [0.29, 0.717) is 0 Å². The molecular weight excluding hydrogens is 256 g/mol. The van der Waals surface area contributed by atoms with Gasteiger partial charge in [0.1, 0.15) is 12.9 Å². The molecule has 3 N–H and O–H groups in total. The lowest BCUT2D eigenvalue weighted by molar-refractivity contribution is -0.116. The number of nitrogen functional groups attached to an aromatic ring is 1. The van der Waals surface area contributed by atoms with E-state index in [1.54, 1.807) is 0 Å². The molecule has 1 amide bonds. The number of anilines is 3. The Balaban J connectivity index is 2.06. The van der Waals surface area contributed by atoms with Crippen LogP contribution in [0.4, 0.5) is 17.3 Å². The third-order valence-corrected chi connectivity index (χ3v) is 2.83. The standard InChI is InChI=1S/C13H18N6O/c1-9-4-5-10(6-11(9)18(2)3)16-12(20)7-19-8-15-13(14)17-19/h4-6,8H,7H2,1-3H3,(H2,14,17)(H,16,20). The molecule has 7 nitrogen and oxygen atoms in total. The third-order valence-electron chi connectivity index (χ3n) is 2.83. The van der Waals surface area contributed by atoms with Crippen molar-refractivity contribution in [3.8, 4) is 0 Å². The van der Waals surface area contributed by atoms with Crippen molar-refractivity contribution in [2.75, 3.05) is 30.0 Å². The van der Waals surface area contributed by atoms with Crippen LogP contribution in [-0.2, 0) is 11.3 Å². The topological polar surface area (TPSA) is 89.1 Å². The van der Waals surface area contributed by atoms with Crippen LogP contribution in [0.3, 0.4) is 0 Å². The molecule has 0 radical (unpaired) electrons. The molecule has 0 saturated carbocycles. The summed E-state index contributed by atoms with van der Waals surface area (Å²) in [5.74, 6) is -0.0218. The lowest BCUT2D eigenvalue weighted by Gasteiger charge is -2.17. The van der Waals surface area contributed by atoms with Gasteiger partial charge >= 0.3 is 0 Å². The van der Waals surface area contributed by atoms with E-state index in [-0.39, 0.29) is 18.4 Å². The summed E-state index contributed by atoms with van der Waals surface area (Å²) in [6.45, 7) is 2.11. The average Bonchev–Trinajstić information content (AvgIpc) is 2.76. The van der Waals surface area contributed by atoms with Crippen LogP contribution in [-0.4, -0.2) is 34.8 Å². The van der Waals surface area contributed by atoms with E-state index >= 15 is 0 Å². The minimum Gasteiger partial charge on any atom is -0.377 e. The van der Waals surface area contributed by atoms with Gasteiger partial charge in [0.15, 0.2) is 0 Å². The lowest BCUT2D eigenvalue weighted by Crippen LogP contribution is -2.19. The first-order valence-corrected chi connectivity index (χ1v) is 6.18. The number of hydrogen-bond acceptors (Lipinski definition) is 5. The quantitative estimate of drug-likeness (QED) is 0.863. The highest BCUT2D eigenvalue weighted by Crippen LogP contribution is 2.22. The molecule has 0 spiro atoms. The summed E-state index contributed by atoms with van der Waals surface area (Å²) in [5, 5.41) is 6.69. The fourth-order valence-corrected chi connectivity index (χ4v) is 1.90. The second-order valence-electron chi connectivity index (χ2n) is 4.74. The van der Waals surface area contributed by atoms with Crippen LogP contribution in [0.15, 0.2) is 24.5 Å². The first-order chi connectivity index (χ1) is 9.45. The van der Waals surface area contributed by atoms with Gasteiger partial charge in [-0.25, -0.2) is 9.67 Å². The Hall–Kier alpha value is -2.57. The van der Waals surface area contributed by atoms with Gasteiger partial charge in [0.2, 0.25) is 11.9 Å². The van der Waals surface area contributed by atoms with E-state index in [9.17, 15) is 4.79 Å². The predicted molar refractivity (Wildman–Crippen MR) is 78.6 cm³/mol. The fraction of sp³-hybridized carbons (Fsp3) is 0.308. The summed E-state index contributed by atoms with van der Waals surface area (Å²) in [4.78, 5) is 17.7. The molecule has 0 aliphatic carbocycles. The van der Waals surface area contributed by atoms with Crippen LogP contribution in [0.2, 0.25) is 0 Å². The van der Waals surface area contributed by atoms with E-state index in [4.69, 9.17) is 5.73 Å². The number of aryl methyl sites for hydroxylation is 1. The number of nitrogens with zero attached hydrogens (tertiary/aromatic N) is 4. The van der Waals surface area contributed by atoms with Gasteiger partial charge in [-0.15, -0.1) is 5.10 Å². The van der Waals surface area contributed by atoms with E-state index in [1.807, 2.05) is 44.1 Å². The van der Waals surface area contributed by atoms with Crippen molar-refractivity contribution < 1.29 is 4.79 Å². The van der Waals surface area contributed by atoms with Crippen LogP contribution in [0.5, 0.6) is 0 Å². The molecule has 0 bridgehead atoms. The summed E-state index contributed by atoms with van der Waals surface area (Å²) in [6, 6.07) is 5.78. The van der Waals surface area contributed by atoms with Gasteiger partial charge in [0.25, 0.3) is 0 Å². The van der Waals surface area contributed by atoms with Crippen molar-refractivity contribution >= 4 is 23.2 Å². The van der Waals surface area contributed by atoms with E-state index in [2.05, 4.69) is 15.4 Å². The molecule has 0 aliphatic heterocycles. The van der Waals surface area contributed by atoms with Crippen LogP contribution in [0.1, 0.15) is 5.56 Å². The molecule has 2 rings (SSSR count). The number of aromatic nitrogens is 3. The van der Waals surface area contributed by atoms with E-state index in [0.717, 1.165) is 16.9 Å². The number of carbonyl (C=O) groups is 1. The number of hydrogen-bond donors (Lipinski definition) is 2. The van der Waals surface area contributed by atoms with Crippen molar-refractivity contribution in [2.24, 2.45) is 0 Å². The second-order valence-corrected chi connectivity index (χ2v) is 4.74. The maximum atomic E-state index is 11.9. The Morgan fingerprint density at radius 2 is 2.20 bits per heavy atom. The summed E-state index contributed by atoms with van der Waals surface area (Å²) in [6.07, 6.45) is 1.43. The monoisotopic (exact) mass is 274 g/mol. The Labute approximate surface area is 117 Å². The van der Waals surface area contributed by atoms with Gasteiger partial charge < -0.3 is 16.0 Å². The van der Waals surface area contributed by atoms with Crippen molar-refractivity contribution in [3.05, 3.63) is 30.1 Å². The van der Waals surface area contributed by atoms with Crippen LogP contribution < -0.4 is 16.0 Å². The molecule has 106 valence electrons. The van der Waals surface area contributed by atoms with Gasteiger partial charge in [0, 0.05) is 25.5 Å². The molecule has 0 saturated heterocycles. The first kappa shape index (κ1) is 13.9. The average molecular weight is 274 g/mol. The highest BCUT2D eigenvalue weighted by molar-refractivity contribution is 5.91. The van der Waals surface area contributed by atoms with Crippen molar-refractivity contribution in [3.63, 3.8) is 0 Å². The Bertz CT molecular complexity index is 619. The largest absolute Gasteiger partial charge is 0.377 e. The Kier molecular flexibility index (Phi) is 3.88. The minimum absolute atomic E-state index is 0.0787. The Morgan fingerprint density at radius 1 is 1.45 bits per heavy atom. The molecule has 1 aromatic heterocycles. The summed E-state index contributed by atoms with van der Waals surface area (Å²) < 4.78 is 1.39. The molecule has 0 aliphatic rings. The molecule has 1 heterocycles. The van der Waals surface area contributed by atoms with E-state index in [1.165, 1.54) is 11.0 Å². The fourth-order valence-electron chi connectivity index (χ4n) is 1.90. The first-order valence-electron chi connectivity index (χ1n) is 6.18. The number of carbonyl (C=O) groups excluding carboxylic acids is 1. The molecular formula is C13H18N6O. The van der Waals surface area contributed by atoms with Gasteiger partial charge in [0.05, 0.1) is 0 Å². The van der Waals surface area contributed by atoms with Crippen LogP contribution >= 0.6 is 0 Å². The van der Waals surface area contributed by atoms with Crippen molar-refractivity contribution in [2.45, 2.75) is 13.5 Å². The van der Waals surface area contributed by atoms with Crippen molar-refractivity contribution in [1.82, 2.24) is 14.8 Å².